The zero-order valence-electron chi connectivity index (χ0n) is 8.85. The molecule has 0 aromatic heterocycles. The molecular weight excluding hydrogens is 216 g/mol. The summed E-state index contributed by atoms with van der Waals surface area (Å²) in [4.78, 5) is 1.81. The number of rotatable bonds is 3. The molecule has 0 aliphatic heterocycles. The smallest absolute Gasteiger partial charge is 0.229 e. The molecule has 15 heavy (non-hydrogen) atoms. The Kier molecular flexibility index (Phi) is 3.09. The lowest BCUT2D eigenvalue weighted by Gasteiger charge is -2.14. The van der Waals surface area contributed by atoms with Gasteiger partial charge in [-0.1, -0.05) is 0 Å². The van der Waals surface area contributed by atoms with Crippen molar-refractivity contribution in [1.82, 2.24) is 0 Å². The summed E-state index contributed by atoms with van der Waals surface area (Å²) in [7, 11) is 0.289. The van der Waals surface area contributed by atoms with E-state index in [0.717, 1.165) is 11.9 Å². The van der Waals surface area contributed by atoms with Gasteiger partial charge in [0, 0.05) is 19.8 Å². The average molecular weight is 230 g/mol. The van der Waals surface area contributed by atoms with E-state index < -0.39 is 10.0 Å². The standard InChI is InChI=1S/C9H14N2O3S/c1-11(2)7-4-5-9(12)8(6-7)10-15(3,13)14/h4-6,10,12H,1-3H3. The maximum absolute atomic E-state index is 11.0. The minimum absolute atomic E-state index is 0.0916. The van der Waals surface area contributed by atoms with Gasteiger partial charge in [0.2, 0.25) is 10.0 Å². The molecule has 84 valence electrons. The molecule has 0 unspecified atom stereocenters. The van der Waals surface area contributed by atoms with Gasteiger partial charge in [0.1, 0.15) is 5.75 Å². The molecule has 6 heteroatoms. The molecule has 1 rings (SSSR count). The van der Waals surface area contributed by atoms with Crippen molar-refractivity contribution in [3.63, 3.8) is 0 Å². The van der Waals surface area contributed by atoms with E-state index in [1.54, 1.807) is 12.1 Å². The summed E-state index contributed by atoms with van der Waals surface area (Å²) in [5, 5.41) is 9.43. The van der Waals surface area contributed by atoms with Gasteiger partial charge in [-0.25, -0.2) is 8.42 Å². The lowest BCUT2D eigenvalue weighted by molar-refractivity contribution is 0.477. The molecule has 0 amide bonds. The van der Waals surface area contributed by atoms with Crippen molar-refractivity contribution in [3.05, 3.63) is 18.2 Å². The zero-order valence-corrected chi connectivity index (χ0v) is 9.67. The lowest BCUT2D eigenvalue weighted by atomic mass is 10.2. The van der Waals surface area contributed by atoms with Crippen LogP contribution in [-0.4, -0.2) is 33.9 Å². The van der Waals surface area contributed by atoms with Crippen molar-refractivity contribution >= 4 is 21.4 Å². The van der Waals surface area contributed by atoms with E-state index in [9.17, 15) is 13.5 Å². The number of phenols is 1. The van der Waals surface area contributed by atoms with Gasteiger partial charge < -0.3 is 10.0 Å². The molecule has 0 atom stereocenters. The molecule has 5 nitrogen and oxygen atoms in total. The number of phenolic OH excluding ortho intramolecular Hbond substituents is 1. The summed E-state index contributed by atoms with van der Waals surface area (Å²) < 4.78 is 24.2. The Morgan fingerprint density at radius 1 is 1.33 bits per heavy atom. The van der Waals surface area contributed by atoms with Crippen molar-refractivity contribution in [2.45, 2.75) is 0 Å². The van der Waals surface area contributed by atoms with Gasteiger partial charge in [-0.05, 0) is 18.2 Å². The van der Waals surface area contributed by atoms with Crippen LogP contribution in [0.4, 0.5) is 11.4 Å². The molecule has 0 bridgehead atoms. The van der Waals surface area contributed by atoms with Crippen molar-refractivity contribution in [3.8, 4) is 5.75 Å². The van der Waals surface area contributed by atoms with Crippen molar-refractivity contribution in [2.24, 2.45) is 0 Å². The van der Waals surface area contributed by atoms with Gasteiger partial charge >= 0.3 is 0 Å². The zero-order chi connectivity index (χ0) is 11.6. The molecule has 0 heterocycles. The summed E-state index contributed by atoms with van der Waals surface area (Å²) in [6, 6.07) is 4.71. The number of nitrogens with one attached hydrogen (secondary N) is 1. The molecule has 0 saturated carbocycles. The number of aromatic hydroxyl groups is 1. The minimum Gasteiger partial charge on any atom is -0.506 e. The Hall–Kier alpha value is -1.43. The molecular formula is C9H14N2O3S. The van der Waals surface area contributed by atoms with Crippen molar-refractivity contribution in [1.29, 1.82) is 0 Å². The first-order chi connectivity index (χ1) is 6.79. The monoisotopic (exact) mass is 230 g/mol. The maximum atomic E-state index is 11.0. The van der Waals surface area contributed by atoms with E-state index in [4.69, 9.17) is 0 Å². The highest BCUT2D eigenvalue weighted by molar-refractivity contribution is 7.92. The van der Waals surface area contributed by atoms with E-state index in [1.807, 2.05) is 19.0 Å². The highest BCUT2D eigenvalue weighted by Gasteiger charge is 2.08. The normalized spacial score (nSPS) is 11.1. The van der Waals surface area contributed by atoms with E-state index >= 15 is 0 Å². The van der Waals surface area contributed by atoms with Gasteiger partial charge in [0.15, 0.2) is 0 Å². The molecule has 2 N–H and O–H groups in total. The number of benzene rings is 1. The summed E-state index contributed by atoms with van der Waals surface area (Å²) in [6.07, 6.45) is 1.04. The van der Waals surface area contributed by atoms with E-state index in [0.29, 0.717) is 0 Å². The Balaban J connectivity index is 3.11. The van der Waals surface area contributed by atoms with Crippen molar-refractivity contribution in [2.75, 3.05) is 30.0 Å². The summed E-state index contributed by atoms with van der Waals surface area (Å²) in [5.74, 6) is -0.0916. The lowest BCUT2D eigenvalue weighted by Crippen LogP contribution is -2.12. The number of sulfonamides is 1. The Labute approximate surface area is 89.4 Å². The molecule has 0 saturated heterocycles. The highest BCUT2D eigenvalue weighted by Crippen LogP contribution is 2.28. The Morgan fingerprint density at radius 2 is 1.93 bits per heavy atom. The van der Waals surface area contributed by atoms with E-state index in [2.05, 4.69) is 4.72 Å². The van der Waals surface area contributed by atoms with Crippen LogP contribution in [0.3, 0.4) is 0 Å². The molecule has 0 spiro atoms. The van der Waals surface area contributed by atoms with Gasteiger partial charge in [0.05, 0.1) is 11.9 Å². The van der Waals surface area contributed by atoms with E-state index in [1.165, 1.54) is 6.07 Å². The third kappa shape index (κ3) is 3.32. The second-order valence-electron chi connectivity index (χ2n) is 3.47. The second kappa shape index (κ2) is 3.98. The van der Waals surface area contributed by atoms with Gasteiger partial charge in [0.25, 0.3) is 0 Å². The third-order valence-electron chi connectivity index (χ3n) is 1.79. The van der Waals surface area contributed by atoms with Crippen LogP contribution < -0.4 is 9.62 Å². The predicted molar refractivity (Wildman–Crippen MR) is 60.9 cm³/mol. The van der Waals surface area contributed by atoms with Crippen molar-refractivity contribution < 1.29 is 13.5 Å². The summed E-state index contributed by atoms with van der Waals surface area (Å²) in [5.41, 5.74) is 0.989. The maximum Gasteiger partial charge on any atom is 0.229 e. The molecule has 1 aromatic rings. The minimum atomic E-state index is -3.37. The van der Waals surface area contributed by atoms with Crippen LogP contribution in [-0.2, 0) is 10.0 Å². The molecule has 0 radical (unpaired) electrons. The summed E-state index contributed by atoms with van der Waals surface area (Å²) >= 11 is 0. The van der Waals surface area contributed by atoms with Gasteiger partial charge in [-0.15, -0.1) is 0 Å². The quantitative estimate of drug-likeness (QED) is 0.755. The first kappa shape index (κ1) is 11.6. The van der Waals surface area contributed by atoms with Crippen LogP contribution in [0, 0.1) is 0 Å². The van der Waals surface area contributed by atoms with Crippen LogP contribution in [0.25, 0.3) is 0 Å². The third-order valence-corrected chi connectivity index (χ3v) is 2.38. The topological polar surface area (TPSA) is 69.6 Å². The first-order valence-electron chi connectivity index (χ1n) is 4.28. The average Bonchev–Trinajstić information content (AvgIpc) is 2.06. The molecule has 1 aromatic carbocycles. The molecule has 0 fully saturated rings. The molecule has 0 aliphatic carbocycles. The van der Waals surface area contributed by atoms with Crippen LogP contribution in [0.5, 0.6) is 5.75 Å². The fourth-order valence-electron chi connectivity index (χ4n) is 1.08. The SMILES string of the molecule is CN(C)c1ccc(O)c(NS(C)(=O)=O)c1. The predicted octanol–water partition coefficient (Wildman–Crippen LogP) is 0.830. The number of nitrogens with zero attached hydrogens (tertiary/aromatic N) is 1. The van der Waals surface area contributed by atoms with Crippen LogP contribution in [0.1, 0.15) is 0 Å². The van der Waals surface area contributed by atoms with Crippen LogP contribution >= 0.6 is 0 Å². The fourth-order valence-corrected chi connectivity index (χ4v) is 1.65. The summed E-state index contributed by atoms with van der Waals surface area (Å²) in [6.45, 7) is 0. The van der Waals surface area contributed by atoms with Gasteiger partial charge in [-0.2, -0.15) is 0 Å². The Morgan fingerprint density at radius 3 is 2.40 bits per heavy atom. The number of anilines is 2. The van der Waals surface area contributed by atoms with Crippen LogP contribution in [0.2, 0.25) is 0 Å². The fraction of sp³-hybridized carbons (Fsp3) is 0.333. The van der Waals surface area contributed by atoms with E-state index in [-0.39, 0.29) is 11.4 Å². The highest BCUT2D eigenvalue weighted by atomic mass is 32.2. The van der Waals surface area contributed by atoms with Gasteiger partial charge in [-0.3, -0.25) is 4.72 Å². The number of hydrogen-bond donors (Lipinski definition) is 2. The first-order valence-corrected chi connectivity index (χ1v) is 6.17. The largest absolute Gasteiger partial charge is 0.506 e. The molecule has 0 aliphatic rings. The Bertz CT molecular complexity index is 454. The second-order valence-corrected chi connectivity index (χ2v) is 5.22. The number of hydrogen-bond acceptors (Lipinski definition) is 4. The van der Waals surface area contributed by atoms with Crippen LogP contribution in [0.15, 0.2) is 18.2 Å².